The van der Waals surface area contributed by atoms with Gasteiger partial charge in [-0.2, -0.15) is 0 Å². The number of rotatable bonds is 7. The monoisotopic (exact) mass is 344 g/mol. The number of carbonyl (C=O) groups excluding carboxylic acids is 1. The number of hydrogen-bond acceptors (Lipinski definition) is 5. The largest absolute Gasteiger partial charge is 0.496 e. The molecule has 1 aromatic carbocycles. The zero-order valence-corrected chi connectivity index (χ0v) is 15.1. The average molecular weight is 344 g/mol. The van der Waals surface area contributed by atoms with Gasteiger partial charge in [-0.05, 0) is 43.0 Å². The van der Waals surface area contributed by atoms with Crippen molar-refractivity contribution < 1.29 is 18.7 Å². The lowest BCUT2D eigenvalue weighted by Gasteiger charge is -2.10. The van der Waals surface area contributed by atoms with E-state index in [4.69, 9.17) is 13.9 Å². The molecule has 0 amide bonds. The summed E-state index contributed by atoms with van der Waals surface area (Å²) in [5, 5.41) is 0.838. The Hall–Kier alpha value is -2.56. The van der Waals surface area contributed by atoms with E-state index >= 15 is 0 Å². The molecule has 0 bridgehead atoms. The van der Waals surface area contributed by atoms with Gasteiger partial charge in [-0.15, -0.1) is 0 Å². The summed E-state index contributed by atoms with van der Waals surface area (Å²) >= 11 is 0. The fraction of sp³-hybridized carbons (Fsp3) is 0.400. The standard InChI is InChI=1S/C20H24O5/c1-13(2)11-19(22)24-12-14(3)5-8-16-17(23-4)9-6-15-7-10-18(21)25-20(15)16/h5-7,9-10,13H,8,11-12H2,1-4H3/b14-5+. The van der Waals surface area contributed by atoms with E-state index in [1.807, 2.05) is 39.0 Å². The SMILES string of the molecule is COc1ccc2ccc(=O)oc2c1C/C=C(\C)COC(=O)CC(C)C. The van der Waals surface area contributed by atoms with Crippen LogP contribution in [0.2, 0.25) is 0 Å². The lowest BCUT2D eigenvalue weighted by molar-refractivity contribution is -0.143. The minimum atomic E-state index is -0.398. The molecule has 1 aromatic heterocycles. The van der Waals surface area contributed by atoms with Crippen LogP contribution < -0.4 is 10.4 Å². The first-order valence-electron chi connectivity index (χ1n) is 8.31. The molecule has 0 aliphatic rings. The van der Waals surface area contributed by atoms with Crippen LogP contribution in [0, 0.1) is 5.92 Å². The number of allylic oxidation sites excluding steroid dienone is 1. The molecule has 2 rings (SSSR count). The quantitative estimate of drug-likeness (QED) is 0.433. The van der Waals surface area contributed by atoms with Crippen LogP contribution >= 0.6 is 0 Å². The second kappa shape index (κ2) is 8.51. The second-order valence-corrected chi connectivity index (χ2v) is 6.43. The smallest absolute Gasteiger partial charge is 0.336 e. The predicted octanol–water partition coefficient (Wildman–Crippen LogP) is 3.88. The van der Waals surface area contributed by atoms with E-state index in [-0.39, 0.29) is 18.5 Å². The molecule has 0 aliphatic carbocycles. The van der Waals surface area contributed by atoms with Crippen LogP contribution in [0.4, 0.5) is 0 Å². The van der Waals surface area contributed by atoms with Crippen molar-refractivity contribution in [3.05, 3.63) is 51.9 Å². The Morgan fingerprint density at radius 2 is 1.96 bits per heavy atom. The molecule has 0 spiro atoms. The van der Waals surface area contributed by atoms with Crippen molar-refractivity contribution in [3.63, 3.8) is 0 Å². The van der Waals surface area contributed by atoms with E-state index in [1.54, 1.807) is 13.2 Å². The highest BCUT2D eigenvalue weighted by Gasteiger charge is 2.11. The van der Waals surface area contributed by atoms with Gasteiger partial charge in [0.05, 0.1) is 7.11 Å². The lowest BCUT2D eigenvalue weighted by Crippen LogP contribution is -2.09. The molecule has 0 saturated carbocycles. The predicted molar refractivity (Wildman–Crippen MR) is 96.9 cm³/mol. The minimum Gasteiger partial charge on any atom is -0.496 e. The van der Waals surface area contributed by atoms with E-state index in [1.165, 1.54) is 6.07 Å². The third kappa shape index (κ3) is 5.21. The Morgan fingerprint density at radius 3 is 2.64 bits per heavy atom. The van der Waals surface area contributed by atoms with E-state index < -0.39 is 5.63 Å². The summed E-state index contributed by atoms with van der Waals surface area (Å²) in [5.41, 5.74) is 1.85. The molecular weight excluding hydrogens is 320 g/mol. The number of hydrogen-bond donors (Lipinski definition) is 0. The van der Waals surface area contributed by atoms with Crippen molar-refractivity contribution in [1.82, 2.24) is 0 Å². The first-order valence-corrected chi connectivity index (χ1v) is 8.31. The van der Waals surface area contributed by atoms with Gasteiger partial charge in [-0.25, -0.2) is 4.79 Å². The Balaban J connectivity index is 2.17. The van der Waals surface area contributed by atoms with Crippen molar-refractivity contribution in [3.8, 4) is 5.75 Å². The maximum Gasteiger partial charge on any atom is 0.336 e. The lowest BCUT2D eigenvalue weighted by atomic mass is 10.1. The minimum absolute atomic E-state index is 0.198. The zero-order valence-electron chi connectivity index (χ0n) is 15.1. The summed E-state index contributed by atoms with van der Waals surface area (Å²) in [6, 6.07) is 6.83. The van der Waals surface area contributed by atoms with Gasteiger partial charge in [0, 0.05) is 23.4 Å². The summed E-state index contributed by atoms with van der Waals surface area (Å²) in [4.78, 5) is 23.2. The molecular formula is C20H24O5. The number of methoxy groups -OCH3 is 1. The molecule has 0 unspecified atom stereocenters. The van der Waals surface area contributed by atoms with Crippen LogP contribution in [0.3, 0.4) is 0 Å². The van der Waals surface area contributed by atoms with Gasteiger partial charge >= 0.3 is 11.6 Å². The van der Waals surface area contributed by atoms with Gasteiger partial charge in [0.25, 0.3) is 0 Å². The molecule has 0 radical (unpaired) electrons. The number of benzene rings is 1. The molecule has 5 nitrogen and oxygen atoms in total. The van der Waals surface area contributed by atoms with Crippen LogP contribution in [0.5, 0.6) is 5.75 Å². The maximum atomic E-state index is 11.6. The molecule has 0 saturated heterocycles. The molecule has 0 N–H and O–H groups in total. The van der Waals surface area contributed by atoms with Crippen LogP contribution in [0.15, 0.2) is 45.1 Å². The highest BCUT2D eigenvalue weighted by Crippen LogP contribution is 2.28. The van der Waals surface area contributed by atoms with Gasteiger partial charge < -0.3 is 13.9 Å². The molecule has 134 valence electrons. The van der Waals surface area contributed by atoms with Crippen molar-refractivity contribution in [2.45, 2.75) is 33.6 Å². The molecule has 2 aromatic rings. The van der Waals surface area contributed by atoms with E-state index in [2.05, 4.69) is 0 Å². The first-order chi connectivity index (χ1) is 11.9. The van der Waals surface area contributed by atoms with Crippen molar-refractivity contribution in [2.75, 3.05) is 13.7 Å². The number of ether oxygens (including phenoxy) is 2. The molecule has 1 heterocycles. The topological polar surface area (TPSA) is 65.7 Å². The Labute approximate surface area is 147 Å². The van der Waals surface area contributed by atoms with E-state index in [0.717, 1.165) is 16.5 Å². The third-order valence-corrected chi connectivity index (χ3v) is 3.76. The second-order valence-electron chi connectivity index (χ2n) is 6.43. The number of carbonyl (C=O) groups is 1. The van der Waals surface area contributed by atoms with Crippen molar-refractivity contribution >= 4 is 16.9 Å². The third-order valence-electron chi connectivity index (χ3n) is 3.76. The van der Waals surface area contributed by atoms with Crippen molar-refractivity contribution in [2.24, 2.45) is 5.92 Å². The Morgan fingerprint density at radius 1 is 1.24 bits per heavy atom. The van der Waals surface area contributed by atoms with E-state index in [0.29, 0.717) is 24.2 Å². The van der Waals surface area contributed by atoms with Crippen LogP contribution in [0.25, 0.3) is 11.0 Å². The zero-order chi connectivity index (χ0) is 18.4. The fourth-order valence-corrected chi connectivity index (χ4v) is 2.48. The van der Waals surface area contributed by atoms with Gasteiger partial charge in [0.15, 0.2) is 0 Å². The first kappa shape index (κ1) is 18.8. The summed E-state index contributed by atoms with van der Waals surface area (Å²) in [6.45, 7) is 6.11. The van der Waals surface area contributed by atoms with Gasteiger partial charge in [0.1, 0.15) is 17.9 Å². The fourth-order valence-electron chi connectivity index (χ4n) is 2.48. The molecule has 0 atom stereocenters. The van der Waals surface area contributed by atoms with Crippen molar-refractivity contribution in [1.29, 1.82) is 0 Å². The summed E-state index contributed by atoms with van der Waals surface area (Å²) in [5.74, 6) is 0.735. The summed E-state index contributed by atoms with van der Waals surface area (Å²) in [7, 11) is 1.58. The van der Waals surface area contributed by atoms with Gasteiger partial charge in [-0.3, -0.25) is 4.79 Å². The van der Waals surface area contributed by atoms with Crippen LogP contribution in [-0.4, -0.2) is 19.7 Å². The van der Waals surface area contributed by atoms with Crippen LogP contribution in [0.1, 0.15) is 32.8 Å². The summed E-state index contributed by atoms with van der Waals surface area (Å²) < 4.78 is 16.0. The van der Waals surface area contributed by atoms with Gasteiger partial charge in [-0.1, -0.05) is 19.9 Å². The molecule has 0 fully saturated rings. The normalized spacial score (nSPS) is 11.8. The Kier molecular flexibility index (Phi) is 6.39. The van der Waals surface area contributed by atoms with Gasteiger partial charge in [0.2, 0.25) is 0 Å². The Bertz CT molecular complexity index is 830. The maximum absolute atomic E-state index is 11.6. The number of esters is 1. The van der Waals surface area contributed by atoms with Crippen LogP contribution in [-0.2, 0) is 16.0 Å². The average Bonchev–Trinajstić information content (AvgIpc) is 2.57. The van der Waals surface area contributed by atoms with E-state index in [9.17, 15) is 9.59 Å². The summed E-state index contributed by atoms with van der Waals surface area (Å²) in [6.07, 6.45) is 2.88. The highest BCUT2D eigenvalue weighted by atomic mass is 16.5. The molecule has 0 aliphatic heterocycles. The molecule has 25 heavy (non-hydrogen) atoms. The number of fused-ring (bicyclic) bond motifs is 1. The molecule has 5 heteroatoms. The highest BCUT2D eigenvalue weighted by molar-refractivity contribution is 5.82.